The second kappa shape index (κ2) is 5.85. The molecule has 0 amide bonds. The van der Waals surface area contributed by atoms with Crippen molar-refractivity contribution < 1.29 is 27.1 Å². The minimum atomic E-state index is -1.38. The minimum absolute atomic E-state index is 0. The molecule has 0 bridgehead atoms. The van der Waals surface area contributed by atoms with E-state index in [1.165, 1.54) is 0 Å². The normalized spacial score (nSPS) is 7.67. The lowest BCUT2D eigenvalue weighted by Crippen LogP contribution is -3.00. The number of hydrogen-bond acceptors (Lipinski definition) is 3. The van der Waals surface area contributed by atoms with Crippen LogP contribution in [0.2, 0.25) is 0 Å². The van der Waals surface area contributed by atoms with E-state index >= 15 is 0 Å². The van der Waals surface area contributed by atoms with Crippen molar-refractivity contribution in [3.8, 4) is 0 Å². The molecule has 3 nitrogen and oxygen atoms in total. The van der Waals surface area contributed by atoms with Crippen LogP contribution in [0.25, 0.3) is 0 Å². The van der Waals surface area contributed by atoms with Crippen molar-refractivity contribution in [2.24, 2.45) is 0 Å². The number of halogens is 2. The molecule has 0 N–H and O–H groups in total. The van der Waals surface area contributed by atoms with Crippen molar-refractivity contribution in [2.75, 3.05) is 5.88 Å². The van der Waals surface area contributed by atoms with E-state index in [1.54, 1.807) is 0 Å². The summed E-state index contributed by atoms with van der Waals surface area (Å²) < 4.78 is 0. The van der Waals surface area contributed by atoms with Gasteiger partial charge in [-0.15, -0.1) is 11.6 Å². The van der Waals surface area contributed by atoms with Crippen molar-refractivity contribution in [1.29, 1.82) is 0 Å². The number of rotatable bonds is 3. The third-order valence-electron chi connectivity index (χ3n) is 0.491. The van der Waals surface area contributed by atoms with E-state index in [0.29, 0.717) is 0 Å². The zero-order valence-electron chi connectivity index (χ0n) is 4.39. The van der Waals surface area contributed by atoms with Gasteiger partial charge in [0.05, 0.1) is 5.88 Å². The van der Waals surface area contributed by atoms with Crippen molar-refractivity contribution in [1.82, 2.24) is 0 Å². The number of aliphatic carboxylic acids is 1. The molecule has 0 saturated heterocycles. The Morgan fingerprint density at radius 2 is 1.89 bits per heavy atom. The van der Waals surface area contributed by atoms with Gasteiger partial charge in [-0.05, 0) is 0 Å². The summed E-state index contributed by atoms with van der Waals surface area (Å²) in [7, 11) is 0. The van der Waals surface area contributed by atoms with Crippen LogP contribution >= 0.6 is 11.6 Å². The molecule has 0 aromatic rings. The summed E-state index contributed by atoms with van der Waals surface area (Å²) in [4.78, 5) is 19.6. The van der Waals surface area contributed by atoms with E-state index in [0.717, 1.165) is 0 Å². The summed E-state index contributed by atoms with van der Waals surface area (Å²) in [5, 5.41) is 9.58. The van der Waals surface area contributed by atoms with E-state index in [4.69, 9.17) is 11.6 Å². The van der Waals surface area contributed by atoms with E-state index in [9.17, 15) is 14.7 Å². The highest BCUT2D eigenvalue weighted by Gasteiger charge is 1.96. The Balaban J connectivity index is 0. The van der Waals surface area contributed by atoms with Crippen molar-refractivity contribution in [3.05, 3.63) is 0 Å². The van der Waals surface area contributed by atoms with Crippen LogP contribution in [-0.4, -0.2) is 17.6 Å². The highest BCUT2D eigenvalue weighted by Crippen LogP contribution is 1.83. The number of carbonyl (C=O) groups excluding carboxylic acids is 2. The first-order valence-electron chi connectivity index (χ1n) is 1.94. The predicted molar refractivity (Wildman–Crippen MR) is 25.4 cm³/mol. The van der Waals surface area contributed by atoms with Crippen LogP contribution in [0.3, 0.4) is 0 Å². The van der Waals surface area contributed by atoms with Crippen LogP contribution in [0.15, 0.2) is 0 Å². The maximum absolute atomic E-state index is 10.1. The van der Waals surface area contributed by atoms with Crippen LogP contribution < -0.4 is 17.5 Å². The first-order valence-corrected chi connectivity index (χ1v) is 2.47. The summed E-state index contributed by atoms with van der Waals surface area (Å²) in [5.41, 5.74) is 0. The minimum Gasteiger partial charge on any atom is -1.00 e. The molecule has 54 valence electrons. The lowest BCUT2D eigenvalue weighted by atomic mass is 10.3. The lowest BCUT2D eigenvalue weighted by Gasteiger charge is -1.94. The van der Waals surface area contributed by atoms with Gasteiger partial charge < -0.3 is 22.3 Å². The van der Waals surface area contributed by atoms with Gasteiger partial charge in [-0.2, -0.15) is 0 Å². The number of carboxylic acids is 1. The molecule has 0 aliphatic rings. The first kappa shape index (κ1) is 11.5. The summed E-state index contributed by atoms with van der Waals surface area (Å²) in [6, 6.07) is 0. The van der Waals surface area contributed by atoms with Crippen molar-refractivity contribution in [2.45, 2.75) is 6.42 Å². The van der Waals surface area contributed by atoms with Crippen LogP contribution in [0.4, 0.5) is 0 Å². The molecule has 0 atom stereocenters. The summed E-state index contributed by atoms with van der Waals surface area (Å²) in [6.07, 6.45) is -0.580. The number of carbonyl (C=O) groups is 2. The molecule has 0 aliphatic carbocycles. The molecule has 0 aliphatic heterocycles. The molecule has 5 heteroatoms. The van der Waals surface area contributed by atoms with Crippen LogP contribution in [-0.2, 0) is 9.59 Å². The number of hydrogen-bond donors (Lipinski definition) is 0. The SMILES string of the molecule is O=C([O-])CC(=O)CCl.[Cl-]. The highest BCUT2D eigenvalue weighted by molar-refractivity contribution is 6.28. The third-order valence-corrected chi connectivity index (χ3v) is 0.789. The molecule has 0 heterocycles. The second-order valence-corrected chi connectivity index (χ2v) is 1.49. The Morgan fingerprint density at radius 1 is 1.44 bits per heavy atom. The largest absolute Gasteiger partial charge is 1.00 e. The average Bonchev–Trinajstić information content (AvgIpc) is 1.65. The summed E-state index contributed by atoms with van der Waals surface area (Å²) in [6.45, 7) is 0. The molecule has 0 unspecified atom stereocenters. The van der Waals surface area contributed by atoms with E-state index < -0.39 is 18.2 Å². The highest BCUT2D eigenvalue weighted by atomic mass is 35.5. The zero-order chi connectivity index (χ0) is 6.57. The Morgan fingerprint density at radius 3 is 2.00 bits per heavy atom. The Bertz CT molecular complexity index is 112. The van der Waals surface area contributed by atoms with Gasteiger partial charge in [0, 0.05) is 12.4 Å². The third kappa shape index (κ3) is 7.72. The van der Waals surface area contributed by atoms with Gasteiger partial charge in [0.1, 0.15) is 0 Å². The van der Waals surface area contributed by atoms with Crippen LogP contribution in [0.1, 0.15) is 6.42 Å². The van der Waals surface area contributed by atoms with Gasteiger partial charge in [0.25, 0.3) is 0 Å². The molecular weight excluding hydrogens is 167 g/mol. The Labute approximate surface area is 63.4 Å². The molecule has 0 radical (unpaired) electrons. The first-order chi connectivity index (χ1) is 3.66. The lowest BCUT2D eigenvalue weighted by molar-refractivity contribution is -0.304. The van der Waals surface area contributed by atoms with Gasteiger partial charge in [0.2, 0.25) is 0 Å². The van der Waals surface area contributed by atoms with E-state index in [2.05, 4.69) is 0 Å². The monoisotopic (exact) mass is 170 g/mol. The quantitative estimate of drug-likeness (QED) is 0.320. The molecule has 0 aromatic carbocycles. The summed E-state index contributed by atoms with van der Waals surface area (Å²) in [5.74, 6) is -2.16. The van der Waals surface area contributed by atoms with Gasteiger partial charge in [-0.1, -0.05) is 0 Å². The van der Waals surface area contributed by atoms with Crippen molar-refractivity contribution >= 4 is 23.4 Å². The molecule has 0 saturated carbocycles. The van der Waals surface area contributed by atoms with Gasteiger partial charge in [-0.25, -0.2) is 0 Å². The number of alkyl halides is 1. The molecule has 0 aromatic heterocycles. The molecular formula is C4H4Cl2O3-2. The number of ketones is 1. The molecule has 0 spiro atoms. The standard InChI is InChI=1S/C4H5ClO3.ClH/c5-2-3(6)1-4(7)8;/h1-2H2,(H,7,8);1H/p-2. The fraction of sp³-hybridized carbons (Fsp3) is 0.500. The number of carboxylic acid groups (broad SMARTS) is 1. The van der Waals surface area contributed by atoms with Gasteiger partial charge >= 0.3 is 0 Å². The topological polar surface area (TPSA) is 57.2 Å². The van der Waals surface area contributed by atoms with Crippen LogP contribution in [0, 0.1) is 0 Å². The van der Waals surface area contributed by atoms with E-state index in [-0.39, 0.29) is 18.3 Å². The predicted octanol–water partition coefficient (Wildman–Crippen LogP) is -4.06. The number of Topliss-reactive ketones (excluding diaryl/α,β-unsaturated/α-hetero) is 1. The van der Waals surface area contributed by atoms with Crippen LogP contribution in [0.5, 0.6) is 0 Å². The Hall–Kier alpha value is -0.280. The second-order valence-electron chi connectivity index (χ2n) is 1.22. The fourth-order valence-electron chi connectivity index (χ4n) is 0.208. The Kier molecular flexibility index (Phi) is 7.48. The molecule has 9 heavy (non-hydrogen) atoms. The zero-order valence-corrected chi connectivity index (χ0v) is 5.91. The van der Waals surface area contributed by atoms with E-state index in [1.807, 2.05) is 0 Å². The van der Waals surface area contributed by atoms with Gasteiger partial charge in [0.15, 0.2) is 5.78 Å². The average molecular weight is 171 g/mol. The molecule has 0 fully saturated rings. The maximum Gasteiger partial charge on any atom is 0.153 e. The fourth-order valence-corrected chi connectivity index (χ4v) is 0.303. The maximum atomic E-state index is 10.1. The summed E-state index contributed by atoms with van der Waals surface area (Å²) >= 11 is 4.96. The molecule has 0 rings (SSSR count). The van der Waals surface area contributed by atoms with Crippen molar-refractivity contribution in [3.63, 3.8) is 0 Å². The smallest absolute Gasteiger partial charge is 0.153 e. The van der Waals surface area contributed by atoms with Gasteiger partial charge in [-0.3, -0.25) is 4.79 Å².